The van der Waals surface area contributed by atoms with E-state index in [1.54, 1.807) is 7.11 Å². The van der Waals surface area contributed by atoms with Crippen molar-refractivity contribution in [3.8, 4) is 5.19 Å². The minimum absolute atomic E-state index is 0.377. The van der Waals surface area contributed by atoms with Crippen LogP contribution in [0.15, 0.2) is 0 Å². The topological polar surface area (TPSA) is 56.3 Å². The first-order valence-electron chi connectivity index (χ1n) is 5.57. The Labute approximate surface area is 99.2 Å². The second kappa shape index (κ2) is 6.12. The van der Waals surface area contributed by atoms with Crippen molar-refractivity contribution in [1.29, 1.82) is 0 Å². The lowest BCUT2D eigenvalue weighted by molar-refractivity contribution is 0.119. The highest BCUT2D eigenvalue weighted by Gasteiger charge is 2.20. The Morgan fingerprint density at radius 2 is 2.31 bits per heavy atom. The number of nitrogens with zero attached hydrogens (tertiary/aromatic N) is 2. The highest BCUT2D eigenvalue weighted by Crippen LogP contribution is 2.27. The highest BCUT2D eigenvalue weighted by molar-refractivity contribution is 7.13. The van der Waals surface area contributed by atoms with E-state index in [1.807, 2.05) is 0 Å². The van der Waals surface area contributed by atoms with Crippen LogP contribution in [0, 0.1) is 0 Å². The second-order valence-electron chi connectivity index (χ2n) is 3.80. The van der Waals surface area contributed by atoms with Crippen molar-refractivity contribution >= 4 is 11.3 Å². The maximum atomic E-state index is 5.65. The first kappa shape index (κ1) is 11.8. The molecule has 0 bridgehead atoms. The van der Waals surface area contributed by atoms with Crippen LogP contribution in [-0.4, -0.2) is 36.6 Å². The Bertz CT molecular complexity index is 315. The third-order valence-electron chi connectivity index (χ3n) is 2.53. The number of aromatic nitrogens is 2. The van der Waals surface area contributed by atoms with Crippen LogP contribution in [-0.2, 0) is 11.3 Å². The van der Waals surface area contributed by atoms with E-state index in [0.29, 0.717) is 17.9 Å². The van der Waals surface area contributed by atoms with Gasteiger partial charge in [0, 0.05) is 20.2 Å². The van der Waals surface area contributed by atoms with Crippen LogP contribution in [0.1, 0.15) is 24.3 Å². The van der Waals surface area contributed by atoms with Crippen LogP contribution in [0.2, 0.25) is 0 Å². The zero-order valence-electron chi connectivity index (χ0n) is 9.44. The van der Waals surface area contributed by atoms with Gasteiger partial charge in [-0.1, -0.05) is 16.4 Å². The van der Waals surface area contributed by atoms with E-state index < -0.39 is 0 Å². The monoisotopic (exact) mass is 243 g/mol. The molecular formula is C10H17N3O2S. The average Bonchev–Trinajstić information content (AvgIpc) is 2.67. The van der Waals surface area contributed by atoms with Gasteiger partial charge in [-0.25, -0.2) is 0 Å². The average molecular weight is 243 g/mol. The number of hydrogen-bond acceptors (Lipinski definition) is 6. The summed E-state index contributed by atoms with van der Waals surface area (Å²) in [6.45, 7) is 2.27. The van der Waals surface area contributed by atoms with Gasteiger partial charge >= 0.3 is 0 Å². The summed E-state index contributed by atoms with van der Waals surface area (Å²) in [5.74, 6) is 0. The third-order valence-corrected chi connectivity index (χ3v) is 3.34. The van der Waals surface area contributed by atoms with Gasteiger partial charge in [0.25, 0.3) is 5.19 Å². The number of rotatable bonds is 7. The highest BCUT2D eigenvalue weighted by atomic mass is 32.1. The van der Waals surface area contributed by atoms with Crippen LogP contribution in [0.4, 0.5) is 0 Å². The molecule has 1 aliphatic rings. The van der Waals surface area contributed by atoms with Crippen molar-refractivity contribution in [3.05, 3.63) is 5.01 Å². The zero-order valence-corrected chi connectivity index (χ0v) is 10.3. The molecule has 0 saturated heterocycles. The molecule has 1 fully saturated rings. The first-order chi connectivity index (χ1) is 7.88. The molecule has 1 aliphatic carbocycles. The molecule has 6 heteroatoms. The Balaban J connectivity index is 1.69. The molecule has 0 aliphatic heterocycles. The second-order valence-corrected chi connectivity index (χ2v) is 4.83. The molecular weight excluding hydrogens is 226 g/mol. The molecule has 1 N–H and O–H groups in total. The van der Waals surface area contributed by atoms with Crippen molar-refractivity contribution in [2.75, 3.05) is 20.3 Å². The van der Waals surface area contributed by atoms with Gasteiger partial charge in [-0.05, 0) is 19.3 Å². The van der Waals surface area contributed by atoms with E-state index >= 15 is 0 Å². The van der Waals surface area contributed by atoms with E-state index in [0.717, 1.165) is 30.9 Å². The molecule has 1 aromatic rings. The van der Waals surface area contributed by atoms with Crippen LogP contribution in [0.25, 0.3) is 0 Å². The molecule has 2 rings (SSSR count). The fourth-order valence-corrected chi connectivity index (χ4v) is 2.08. The van der Waals surface area contributed by atoms with Crippen LogP contribution in [0.5, 0.6) is 5.19 Å². The predicted octanol–water partition coefficient (Wildman–Crippen LogP) is 1.21. The Hall–Kier alpha value is -0.720. The number of nitrogens with one attached hydrogen (secondary N) is 1. The third kappa shape index (κ3) is 3.40. The fourth-order valence-electron chi connectivity index (χ4n) is 1.36. The molecule has 0 atom stereocenters. The molecule has 5 nitrogen and oxygen atoms in total. The van der Waals surface area contributed by atoms with E-state index in [1.165, 1.54) is 17.8 Å². The van der Waals surface area contributed by atoms with E-state index in [9.17, 15) is 0 Å². The van der Waals surface area contributed by atoms with E-state index in [2.05, 4.69) is 15.5 Å². The van der Waals surface area contributed by atoms with E-state index in [4.69, 9.17) is 9.47 Å². The molecule has 90 valence electrons. The maximum Gasteiger partial charge on any atom is 0.294 e. The molecule has 1 heterocycles. The lowest BCUT2D eigenvalue weighted by atomic mass is 9.96. The van der Waals surface area contributed by atoms with Crippen molar-refractivity contribution in [2.45, 2.75) is 31.9 Å². The van der Waals surface area contributed by atoms with Crippen molar-refractivity contribution in [3.63, 3.8) is 0 Å². The largest absolute Gasteiger partial charge is 0.466 e. The Morgan fingerprint density at radius 3 is 3.00 bits per heavy atom. The fraction of sp³-hybridized carbons (Fsp3) is 0.800. The molecule has 1 saturated carbocycles. The summed E-state index contributed by atoms with van der Waals surface area (Å²) < 4.78 is 10.6. The van der Waals surface area contributed by atoms with Gasteiger partial charge in [0.1, 0.15) is 11.1 Å². The molecule has 0 aromatic carbocycles. The zero-order chi connectivity index (χ0) is 11.2. The van der Waals surface area contributed by atoms with Gasteiger partial charge in [0.2, 0.25) is 0 Å². The molecule has 0 unspecified atom stereocenters. The number of ether oxygens (including phenoxy) is 2. The minimum atomic E-state index is 0.377. The van der Waals surface area contributed by atoms with Gasteiger partial charge in [-0.2, -0.15) is 0 Å². The van der Waals surface area contributed by atoms with Gasteiger partial charge < -0.3 is 14.8 Å². The first-order valence-corrected chi connectivity index (χ1v) is 6.39. The Kier molecular flexibility index (Phi) is 4.50. The lowest BCUT2D eigenvalue weighted by Gasteiger charge is -2.24. The summed E-state index contributed by atoms with van der Waals surface area (Å²) in [6, 6.07) is 0. The van der Waals surface area contributed by atoms with Crippen molar-refractivity contribution in [2.24, 2.45) is 0 Å². The van der Waals surface area contributed by atoms with Crippen LogP contribution >= 0.6 is 11.3 Å². The molecule has 0 amide bonds. The van der Waals surface area contributed by atoms with E-state index in [-0.39, 0.29) is 0 Å². The lowest BCUT2D eigenvalue weighted by Crippen LogP contribution is -2.24. The van der Waals surface area contributed by atoms with Crippen molar-refractivity contribution in [1.82, 2.24) is 15.5 Å². The quantitative estimate of drug-likeness (QED) is 0.729. The van der Waals surface area contributed by atoms with Crippen molar-refractivity contribution < 1.29 is 9.47 Å². The summed E-state index contributed by atoms with van der Waals surface area (Å²) >= 11 is 1.52. The normalized spacial score (nSPS) is 16.1. The summed E-state index contributed by atoms with van der Waals surface area (Å²) in [7, 11) is 1.69. The molecule has 1 aromatic heterocycles. The standard InChI is InChI=1S/C10H17N3O2S/c1-14-6-5-11-7-9-12-13-10(16-9)15-8-3-2-4-8/h8,11H,2-7H2,1H3. The molecule has 0 spiro atoms. The van der Waals surface area contributed by atoms with Gasteiger partial charge in [0.05, 0.1) is 6.61 Å². The van der Waals surface area contributed by atoms with Gasteiger partial charge in [-0.15, -0.1) is 5.10 Å². The molecule has 16 heavy (non-hydrogen) atoms. The minimum Gasteiger partial charge on any atom is -0.466 e. The van der Waals surface area contributed by atoms with Crippen LogP contribution in [0.3, 0.4) is 0 Å². The van der Waals surface area contributed by atoms with Gasteiger partial charge in [0.15, 0.2) is 0 Å². The number of methoxy groups -OCH3 is 1. The summed E-state index contributed by atoms with van der Waals surface area (Å²) in [5, 5.41) is 13.0. The smallest absolute Gasteiger partial charge is 0.294 e. The summed E-state index contributed by atoms with van der Waals surface area (Å²) in [4.78, 5) is 0. The summed E-state index contributed by atoms with van der Waals surface area (Å²) in [5.41, 5.74) is 0. The predicted molar refractivity (Wildman–Crippen MR) is 61.8 cm³/mol. The SMILES string of the molecule is COCCNCc1nnc(OC2CCC2)s1. The Morgan fingerprint density at radius 1 is 1.44 bits per heavy atom. The van der Waals surface area contributed by atoms with Gasteiger partial charge in [-0.3, -0.25) is 0 Å². The maximum absolute atomic E-state index is 5.65. The summed E-state index contributed by atoms with van der Waals surface area (Å²) in [6.07, 6.45) is 3.96. The van der Waals surface area contributed by atoms with Crippen LogP contribution < -0.4 is 10.1 Å². The number of hydrogen-bond donors (Lipinski definition) is 1. The molecule has 0 radical (unpaired) electrons.